The van der Waals surface area contributed by atoms with E-state index >= 15 is 0 Å². The molecule has 0 spiro atoms. The van der Waals surface area contributed by atoms with Crippen LogP contribution in [-0.2, 0) is 4.79 Å². The van der Waals surface area contributed by atoms with Crippen LogP contribution >= 0.6 is 0 Å². The lowest BCUT2D eigenvalue weighted by atomic mass is 9.94. The molecule has 1 atom stereocenters. The summed E-state index contributed by atoms with van der Waals surface area (Å²) in [5.41, 5.74) is 7.46. The van der Waals surface area contributed by atoms with Gasteiger partial charge in [0.25, 0.3) is 0 Å². The minimum atomic E-state index is -0.0951. The van der Waals surface area contributed by atoms with Gasteiger partial charge in [-0.2, -0.15) is 0 Å². The van der Waals surface area contributed by atoms with Gasteiger partial charge in [0, 0.05) is 12.1 Å². The third-order valence-corrected chi connectivity index (χ3v) is 2.91. The lowest BCUT2D eigenvalue weighted by Gasteiger charge is -2.31. The second-order valence-corrected chi connectivity index (χ2v) is 4.12. The van der Waals surface area contributed by atoms with Crippen molar-refractivity contribution in [3.8, 4) is 0 Å². The summed E-state index contributed by atoms with van der Waals surface area (Å²) in [6, 6.07) is 7.52. The van der Waals surface area contributed by atoms with E-state index in [-0.39, 0.29) is 6.04 Å². The first-order valence-electron chi connectivity index (χ1n) is 5.27. The summed E-state index contributed by atoms with van der Waals surface area (Å²) < 4.78 is 0. The van der Waals surface area contributed by atoms with E-state index in [1.807, 2.05) is 31.3 Å². The summed E-state index contributed by atoms with van der Waals surface area (Å²) in [7, 11) is 1.99. The number of likely N-dealkylation sites (N-methyl/N-ethyl adjacent to an activating group) is 1. The Morgan fingerprint density at radius 1 is 1.47 bits per heavy atom. The minimum absolute atomic E-state index is 0.0951. The number of benzene rings is 1. The van der Waals surface area contributed by atoms with E-state index in [0.717, 1.165) is 24.2 Å². The SMILES string of the molecule is CN1CCCC(=O)C1c1cccc(N)c1. The molecule has 15 heavy (non-hydrogen) atoms. The van der Waals surface area contributed by atoms with Crippen LogP contribution in [0.1, 0.15) is 24.4 Å². The molecule has 0 saturated carbocycles. The van der Waals surface area contributed by atoms with Gasteiger partial charge in [0.1, 0.15) is 0 Å². The van der Waals surface area contributed by atoms with Crippen molar-refractivity contribution < 1.29 is 4.79 Å². The molecule has 0 aliphatic carbocycles. The second kappa shape index (κ2) is 4.03. The lowest BCUT2D eigenvalue weighted by molar-refractivity contribution is -0.126. The van der Waals surface area contributed by atoms with Crippen LogP contribution in [-0.4, -0.2) is 24.3 Å². The molecule has 2 rings (SSSR count). The highest BCUT2D eigenvalue weighted by atomic mass is 16.1. The zero-order valence-corrected chi connectivity index (χ0v) is 8.94. The first-order valence-corrected chi connectivity index (χ1v) is 5.27. The molecular weight excluding hydrogens is 188 g/mol. The number of Topliss-reactive ketones (excluding diaryl/α,β-unsaturated/α-hetero) is 1. The van der Waals surface area contributed by atoms with Crippen molar-refractivity contribution in [2.75, 3.05) is 19.3 Å². The normalized spacial score (nSPS) is 23.0. The Bertz CT molecular complexity index is 376. The van der Waals surface area contributed by atoms with Crippen LogP contribution in [0.3, 0.4) is 0 Å². The van der Waals surface area contributed by atoms with Crippen LogP contribution in [0.2, 0.25) is 0 Å². The Labute approximate surface area is 89.9 Å². The van der Waals surface area contributed by atoms with Crippen molar-refractivity contribution >= 4 is 11.5 Å². The van der Waals surface area contributed by atoms with Crippen LogP contribution in [0.15, 0.2) is 24.3 Å². The van der Waals surface area contributed by atoms with Gasteiger partial charge < -0.3 is 5.73 Å². The van der Waals surface area contributed by atoms with Gasteiger partial charge in [0.15, 0.2) is 5.78 Å². The van der Waals surface area contributed by atoms with Gasteiger partial charge in [-0.25, -0.2) is 0 Å². The molecule has 1 aromatic carbocycles. The van der Waals surface area contributed by atoms with E-state index in [2.05, 4.69) is 4.90 Å². The first-order chi connectivity index (χ1) is 7.18. The van der Waals surface area contributed by atoms with Gasteiger partial charge in [-0.3, -0.25) is 9.69 Å². The summed E-state index contributed by atoms with van der Waals surface area (Å²) >= 11 is 0. The van der Waals surface area contributed by atoms with E-state index in [1.165, 1.54) is 0 Å². The number of anilines is 1. The van der Waals surface area contributed by atoms with Crippen molar-refractivity contribution in [1.82, 2.24) is 4.90 Å². The number of hydrogen-bond donors (Lipinski definition) is 1. The quantitative estimate of drug-likeness (QED) is 0.707. The molecule has 3 heteroatoms. The average Bonchev–Trinajstić information content (AvgIpc) is 2.17. The monoisotopic (exact) mass is 204 g/mol. The number of ketones is 1. The van der Waals surface area contributed by atoms with E-state index in [9.17, 15) is 4.79 Å². The Hall–Kier alpha value is -1.35. The molecular formula is C12H16N2O. The second-order valence-electron chi connectivity index (χ2n) is 4.12. The van der Waals surface area contributed by atoms with Gasteiger partial charge in [-0.15, -0.1) is 0 Å². The van der Waals surface area contributed by atoms with E-state index in [0.29, 0.717) is 12.2 Å². The fourth-order valence-electron chi connectivity index (χ4n) is 2.18. The van der Waals surface area contributed by atoms with Crippen molar-refractivity contribution in [2.24, 2.45) is 0 Å². The molecule has 1 heterocycles. The topological polar surface area (TPSA) is 46.3 Å². The van der Waals surface area contributed by atoms with Crippen LogP contribution in [0, 0.1) is 0 Å². The van der Waals surface area contributed by atoms with Gasteiger partial charge in [-0.05, 0) is 37.7 Å². The van der Waals surface area contributed by atoms with Crippen LogP contribution in [0.25, 0.3) is 0 Å². The summed E-state index contributed by atoms with van der Waals surface area (Å²) in [4.78, 5) is 13.9. The number of nitrogen functional groups attached to an aromatic ring is 1. The first kappa shape index (κ1) is 10.2. The van der Waals surface area contributed by atoms with Gasteiger partial charge in [0.05, 0.1) is 6.04 Å². The molecule has 0 amide bonds. The summed E-state index contributed by atoms with van der Waals surface area (Å²) in [5.74, 6) is 0.300. The van der Waals surface area contributed by atoms with E-state index in [1.54, 1.807) is 0 Å². The Balaban J connectivity index is 2.31. The highest BCUT2D eigenvalue weighted by Crippen LogP contribution is 2.27. The lowest BCUT2D eigenvalue weighted by Crippen LogP contribution is -2.36. The smallest absolute Gasteiger partial charge is 0.154 e. The minimum Gasteiger partial charge on any atom is -0.399 e. The maximum absolute atomic E-state index is 11.8. The zero-order valence-electron chi connectivity index (χ0n) is 8.94. The van der Waals surface area contributed by atoms with Crippen molar-refractivity contribution in [1.29, 1.82) is 0 Å². The number of hydrogen-bond acceptors (Lipinski definition) is 3. The molecule has 1 fully saturated rings. The highest BCUT2D eigenvalue weighted by Gasteiger charge is 2.28. The maximum atomic E-state index is 11.8. The Morgan fingerprint density at radius 3 is 2.93 bits per heavy atom. The standard InChI is InChI=1S/C12H16N2O/c1-14-7-3-6-11(15)12(14)9-4-2-5-10(13)8-9/h2,4-5,8,12H,3,6-7,13H2,1H3. The fourth-order valence-corrected chi connectivity index (χ4v) is 2.18. The predicted molar refractivity (Wildman–Crippen MR) is 60.5 cm³/mol. The maximum Gasteiger partial charge on any atom is 0.154 e. The summed E-state index contributed by atoms with van der Waals surface area (Å²) in [5, 5.41) is 0. The van der Waals surface area contributed by atoms with Crippen LogP contribution < -0.4 is 5.73 Å². The van der Waals surface area contributed by atoms with Gasteiger partial charge in [0.2, 0.25) is 0 Å². The molecule has 1 aromatic rings. The van der Waals surface area contributed by atoms with Gasteiger partial charge >= 0.3 is 0 Å². The molecule has 80 valence electrons. The Kier molecular flexibility index (Phi) is 2.73. The molecule has 1 aliphatic rings. The van der Waals surface area contributed by atoms with Crippen molar-refractivity contribution in [3.63, 3.8) is 0 Å². The van der Waals surface area contributed by atoms with Crippen LogP contribution in [0.4, 0.5) is 5.69 Å². The third kappa shape index (κ3) is 2.02. The Morgan fingerprint density at radius 2 is 2.27 bits per heavy atom. The van der Waals surface area contributed by atoms with Crippen LogP contribution in [0.5, 0.6) is 0 Å². The molecule has 0 aromatic heterocycles. The van der Waals surface area contributed by atoms with Gasteiger partial charge in [-0.1, -0.05) is 12.1 Å². The number of nitrogens with two attached hydrogens (primary N) is 1. The third-order valence-electron chi connectivity index (χ3n) is 2.91. The number of likely N-dealkylation sites (tertiary alicyclic amines) is 1. The number of piperidine rings is 1. The van der Waals surface area contributed by atoms with E-state index < -0.39 is 0 Å². The summed E-state index contributed by atoms with van der Waals surface area (Å²) in [6.07, 6.45) is 1.65. The molecule has 3 nitrogen and oxygen atoms in total. The zero-order chi connectivity index (χ0) is 10.8. The molecule has 0 radical (unpaired) electrons. The largest absolute Gasteiger partial charge is 0.399 e. The van der Waals surface area contributed by atoms with Crippen molar-refractivity contribution in [3.05, 3.63) is 29.8 Å². The number of carbonyl (C=O) groups excluding carboxylic acids is 1. The molecule has 1 unspecified atom stereocenters. The number of nitrogens with zero attached hydrogens (tertiary/aromatic N) is 1. The molecule has 2 N–H and O–H groups in total. The van der Waals surface area contributed by atoms with Crippen molar-refractivity contribution in [2.45, 2.75) is 18.9 Å². The highest BCUT2D eigenvalue weighted by molar-refractivity contribution is 5.86. The molecule has 0 bridgehead atoms. The molecule has 1 aliphatic heterocycles. The summed E-state index contributed by atoms with van der Waals surface area (Å²) in [6.45, 7) is 0.977. The number of rotatable bonds is 1. The predicted octanol–water partition coefficient (Wildman–Crippen LogP) is 1.60. The average molecular weight is 204 g/mol. The molecule has 1 saturated heterocycles. The number of carbonyl (C=O) groups is 1. The fraction of sp³-hybridized carbons (Fsp3) is 0.417. The van der Waals surface area contributed by atoms with E-state index in [4.69, 9.17) is 5.73 Å².